The maximum absolute atomic E-state index is 11.2. The number of carbonyl (C=O) groups is 1. The smallest absolute Gasteiger partial charge is 0.330 e. The number of cyclic esters (lactones) is 1. The van der Waals surface area contributed by atoms with Gasteiger partial charge in [0.15, 0.2) is 0 Å². The molecule has 1 aliphatic rings. The van der Waals surface area contributed by atoms with Crippen LogP contribution in [0.3, 0.4) is 0 Å². The fourth-order valence-electron chi connectivity index (χ4n) is 1.90. The Hall–Kier alpha value is -1.57. The maximum atomic E-state index is 11.2. The second-order valence-corrected chi connectivity index (χ2v) is 4.06. The van der Waals surface area contributed by atoms with Crippen LogP contribution in [-0.4, -0.2) is 12.1 Å². The summed E-state index contributed by atoms with van der Waals surface area (Å²) in [5.74, 6) is -0.199. The minimum Gasteiger partial charge on any atom is -0.459 e. The molecule has 1 heterocycles. The molecule has 0 aromatic heterocycles. The van der Waals surface area contributed by atoms with Gasteiger partial charge in [0.1, 0.15) is 6.10 Å². The van der Waals surface area contributed by atoms with Gasteiger partial charge in [0.25, 0.3) is 0 Å². The molecule has 1 unspecified atom stereocenters. The first-order chi connectivity index (χ1) is 7.84. The molecular formula is C14H16O2. The Morgan fingerprint density at radius 1 is 1.25 bits per heavy atom. The van der Waals surface area contributed by atoms with Crippen molar-refractivity contribution in [2.45, 2.75) is 31.8 Å². The number of hydrogen-bond acceptors (Lipinski definition) is 2. The van der Waals surface area contributed by atoms with Crippen LogP contribution in [0, 0.1) is 0 Å². The summed E-state index contributed by atoms with van der Waals surface area (Å²) in [5, 5.41) is 0. The number of ether oxygens (including phenoxy) is 1. The first-order valence-electron chi connectivity index (χ1n) is 5.75. The Balaban J connectivity index is 1.84. The molecule has 2 nitrogen and oxygen atoms in total. The summed E-state index contributed by atoms with van der Waals surface area (Å²) in [6.45, 7) is 0. The molecule has 0 saturated carbocycles. The van der Waals surface area contributed by atoms with Crippen molar-refractivity contribution < 1.29 is 9.53 Å². The molecule has 0 N–H and O–H groups in total. The van der Waals surface area contributed by atoms with Gasteiger partial charge in [-0.05, 0) is 31.2 Å². The SMILES string of the molecule is O=C1C=CCCC(CCc2ccccc2)O1. The van der Waals surface area contributed by atoms with Crippen LogP contribution in [0.4, 0.5) is 0 Å². The van der Waals surface area contributed by atoms with Crippen LogP contribution in [0.15, 0.2) is 42.5 Å². The van der Waals surface area contributed by atoms with Gasteiger partial charge >= 0.3 is 5.97 Å². The molecule has 84 valence electrons. The monoisotopic (exact) mass is 216 g/mol. The lowest BCUT2D eigenvalue weighted by Crippen LogP contribution is -2.16. The zero-order valence-corrected chi connectivity index (χ0v) is 9.26. The number of esters is 1. The topological polar surface area (TPSA) is 26.3 Å². The molecule has 2 heteroatoms. The fourth-order valence-corrected chi connectivity index (χ4v) is 1.90. The fraction of sp³-hybridized carbons (Fsp3) is 0.357. The normalized spacial score (nSPS) is 20.2. The number of carbonyl (C=O) groups excluding carboxylic acids is 1. The van der Waals surface area contributed by atoms with E-state index in [1.165, 1.54) is 11.6 Å². The summed E-state index contributed by atoms with van der Waals surface area (Å²) in [5.41, 5.74) is 1.30. The summed E-state index contributed by atoms with van der Waals surface area (Å²) in [6, 6.07) is 10.3. The average molecular weight is 216 g/mol. The van der Waals surface area contributed by atoms with Crippen LogP contribution in [0.2, 0.25) is 0 Å². The molecule has 0 fully saturated rings. The molecule has 0 spiro atoms. The zero-order chi connectivity index (χ0) is 11.2. The molecule has 0 bridgehead atoms. The first-order valence-corrected chi connectivity index (χ1v) is 5.75. The zero-order valence-electron chi connectivity index (χ0n) is 9.26. The predicted molar refractivity (Wildman–Crippen MR) is 63.0 cm³/mol. The van der Waals surface area contributed by atoms with Crippen molar-refractivity contribution in [3.63, 3.8) is 0 Å². The Morgan fingerprint density at radius 3 is 2.88 bits per heavy atom. The van der Waals surface area contributed by atoms with Crippen LogP contribution in [0.1, 0.15) is 24.8 Å². The summed E-state index contributed by atoms with van der Waals surface area (Å²) < 4.78 is 5.31. The van der Waals surface area contributed by atoms with Crippen molar-refractivity contribution in [1.29, 1.82) is 0 Å². The average Bonchev–Trinajstić information content (AvgIpc) is 2.52. The third kappa shape index (κ3) is 3.23. The van der Waals surface area contributed by atoms with E-state index in [-0.39, 0.29) is 12.1 Å². The van der Waals surface area contributed by atoms with Gasteiger partial charge in [-0.1, -0.05) is 36.4 Å². The molecular weight excluding hydrogens is 200 g/mol. The summed E-state index contributed by atoms with van der Waals surface area (Å²) in [7, 11) is 0. The molecule has 16 heavy (non-hydrogen) atoms. The lowest BCUT2D eigenvalue weighted by molar-refractivity contribution is -0.143. The number of allylic oxidation sites excluding steroid dienone is 1. The van der Waals surface area contributed by atoms with Crippen LogP contribution >= 0.6 is 0 Å². The van der Waals surface area contributed by atoms with Gasteiger partial charge in [-0.3, -0.25) is 0 Å². The van der Waals surface area contributed by atoms with E-state index in [4.69, 9.17) is 4.74 Å². The highest BCUT2D eigenvalue weighted by atomic mass is 16.5. The van der Waals surface area contributed by atoms with Gasteiger partial charge < -0.3 is 4.74 Å². The second-order valence-electron chi connectivity index (χ2n) is 4.06. The Morgan fingerprint density at radius 2 is 2.06 bits per heavy atom. The first kappa shape index (κ1) is 10.9. The highest BCUT2D eigenvalue weighted by Crippen LogP contribution is 2.15. The van der Waals surface area contributed by atoms with Gasteiger partial charge in [0.05, 0.1) is 0 Å². The standard InChI is InChI=1S/C14H16O2/c15-14-9-5-4-8-13(16-14)11-10-12-6-2-1-3-7-12/h1-3,5-7,9,13H,4,8,10-11H2. The summed E-state index contributed by atoms with van der Waals surface area (Å²) in [6.07, 6.45) is 7.26. The van der Waals surface area contributed by atoms with Crippen molar-refractivity contribution in [3.8, 4) is 0 Å². The van der Waals surface area contributed by atoms with Crippen molar-refractivity contribution in [2.24, 2.45) is 0 Å². The van der Waals surface area contributed by atoms with E-state index in [0.29, 0.717) is 0 Å². The second kappa shape index (κ2) is 5.50. The van der Waals surface area contributed by atoms with Crippen LogP contribution in [0.25, 0.3) is 0 Å². The van der Waals surface area contributed by atoms with Gasteiger partial charge in [-0.25, -0.2) is 4.79 Å². The van der Waals surface area contributed by atoms with Crippen molar-refractivity contribution in [2.75, 3.05) is 0 Å². The van der Waals surface area contributed by atoms with Crippen molar-refractivity contribution >= 4 is 5.97 Å². The third-order valence-electron chi connectivity index (χ3n) is 2.79. The lowest BCUT2D eigenvalue weighted by atomic mass is 10.0. The van der Waals surface area contributed by atoms with Crippen molar-refractivity contribution in [1.82, 2.24) is 0 Å². The Bertz CT molecular complexity index is 368. The largest absolute Gasteiger partial charge is 0.459 e. The van der Waals surface area contributed by atoms with Gasteiger partial charge in [-0.15, -0.1) is 0 Å². The van der Waals surface area contributed by atoms with E-state index in [2.05, 4.69) is 12.1 Å². The quantitative estimate of drug-likeness (QED) is 0.726. The lowest BCUT2D eigenvalue weighted by Gasteiger charge is -2.14. The van der Waals surface area contributed by atoms with Gasteiger partial charge in [0, 0.05) is 6.08 Å². The molecule has 1 aromatic rings. The number of hydrogen-bond donors (Lipinski definition) is 0. The molecule has 1 atom stereocenters. The summed E-state index contributed by atoms with van der Waals surface area (Å²) in [4.78, 5) is 11.2. The number of rotatable bonds is 3. The van der Waals surface area contributed by atoms with E-state index in [9.17, 15) is 4.79 Å². The summed E-state index contributed by atoms with van der Waals surface area (Å²) >= 11 is 0. The van der Waals surface area contributed by atoms with Crippen LogP contribution < -0.4 is 0 Å². The Kier molecular flexibility index (Phi) is 3.76. The maximum Gasteiger partial charge on any atom is 0.330 e. The molecule has 1 aromatic carbocycles. The molecule has 2 rings (SSSR count). The van der Waals surface area contributed by atoms with E-state index >= 15 is 0 Å². The van der Waals surface area contributed by atoms with E-state index < -0.39 is 0 Å². The molecule has 0 radical (unpaired) electrons. The highest BCUT2D eigenvalue weighted by Gasteiger charge is 2.14. The Labute approximate surface area is 95.9 Å². The minimum atomic E-state index is -0.199. The number of aryl methyl sites for hydroxylation is 1. The van der Waals surface area contributed by atoms with Crippen molar-refractivity contribution in [3.05, 3.63) is 48.0 Å². The van der Waals surface area contributed by atoms with Gasteiger partial charge in [-0.2, -0.15) is 0 Å². The molecule has 1 aliphatic heterocycles. The third-order valence-corrected chi connectivity index (χ3v) is 2.79. The molecule has 0 saturated heterocycles. The molecule has 0 aliphatic carbocycles. The van der Waals surface area contributed by atoms with Gasteiger partial charge in [0.2, 0.25) is 0 Å². The minimum absolute atomic E-state index is 0.0720. The van der Waals surface area contributed by atoms with Crippen LogP contribution in [-0.2, 0) is 16.0 Å². The number of benzene rings is 1. The van der Waals surface area contributed by atoms with Crippen LogP contribution in [0.5, 0.6) is 0 Å². The predicted octanol–water partition coefficient (Wildman–Crippen LogP) is 2.88. The van der Waals surface area contributed by atoms with E-state index in [0.717, 1.165) is 25.7 Å². The van der Waals surface area contributed by atoms with E-state index in [1.807, 2.05) is 24.3 Å². The van der Waals surface area contributed by atoms with E-state index in [1.54, 1.807) is 0 Å². The highest BCUT2D eigenvalue weighted by molar-refractivity contribution is 5.82. The molecule has 0 amide bonds.